The van der Waals surface area contributed by atoms with E-state index in [9.17, 15) is 0 Å². The molecule has 0 aliphatic carbocycles. The predicted molar refractivity (Wildman–Crippen MR) is 220 cm³/mol. The van der Waals surface area contributed by atoms with Gasteiger partial charge in [0, 0.05) is 56.0 Å². The van der Waals surface area contributed by atoms with Crippen LogP contribution in [0.5, 0.6) is 0 Å². The number of fused-ring (bicyclic) bond motifs is 4. The van der Waals surface area contributed by atoms with Crippen molar-refractivity contribution in [2.75, 3.05) is 0 Å². The Morgan fingerprint density at radius 1 is 0.527 bits per heavy atom. The van der Waals surface area contributed by atoms with E-state index in [4.69, 9.17) is 4.98 Å². The Bertz CT molecular complexity index is 2910. The van der Waals surface area contributed by atoms with Crippen molar-refractivity contribution in [3.05, 3.63) is 234 Å². The van der Waals surface area contributed by atoms with Crippen LogP contribution in [0.1, 0.15) is 27.8 Å². The first kappa shape index (κ1) is 34.4. The summed E-state index contributed by atoms with van der Waals surface area (Å²) < 4.78 is 6.76. The normalized spacial score (nSPS) is 11.6. The van der Waals surface area contributed by atoms with E-state index in [1.54, 1.807) is 0 Å². The molecule has 0 saturated carbocycles. The molecule has 266 valence electrons. The molecule has 0 fully saturated rings. The minimum Gasteiger partial charge on any atom is -0.319 e. The average Bonchev–Trinajstić information content (AvgIpc) is 3.79. The molecular weight excluding hydrogens is 852 g/mol. The molecule has 0 bridgehead atoms. The Labute approximate surface area is 334 Å². The molecule has 4 nitrogen and oxygen atoms in total. The van der Waals surface area contributed by atoms with Crippen LogP contribution in [0.2, 0.25) is 0 Å². The second-order valence-corrected chi connectivity index (χ2v) is 13.8. The van der Waals surface area contributed by atoms with E-state index in [0.717, 1.165) is 72.5 Å². The molecule has 5 heteroatoms. The summed E-state index contributed by atoms with van der Waals surface area (Å²) in [6.07, 6.45) is 4.06. The molecule has 10 rings (SSSR count). The van der Waals surface area contributed by atoms with Crippen LogP contribution in [0.4, 0.5) is 0 Å². The third kappa shape index (κ3) is 5.64. The molecular formula is C50H35N4Pt-. The molecule has 0 N–H and O–H groups in total. The van der Waals surface area contributed by atoms with E-state index in [2.05, 4.69) is 215 Å². The van der Waals surface area contributed by atoms with Gasteiger partial charge in [-0.2, -0.15) is 34.9 Å². The number of benzene rings is 7. The summed E-state index contributed by atoms with van der Waals surface area (Å²) in [6, 6.07) is 72.5. The molecule has 0 aliphatic rings. The Balaban J connectivity index is 0.00000397. The van der Waals surface area contributed by atoms with Crippen molar-refractivity contribution in [2.24, 2.45) is 0 Å². The molecule has 10 aromatic rings. The van der Waals surface area contributed by atoms with Gasteiger partial charge in [0.05, 0.1) is 0 Å². The zero-order valence-electron chi connectivity index (χ0n) is 30.1. The molecule has 7 aromatic carbocycles. The van der Waals surface area contributed by atoms with Crippen LogP contribution in [0.25, 0.3) is 50.0 Å². The van der Waals surface area contributed by atoms with Gasteiger partial charge < -0.3 is 4.57 Å². The number of hydrogen-bond donors (Lipinski definition) is 0. The van der Waals surface area contributed by atoms with Crippen LogP contribution >= 0.6 is 0 Å². The summed E-state index contributed by atoms with van der Waals surface area (Å²) in [4.78, 5) is 4.87. The molecule has 0 unspecified atom stereocenters. The van der Waals surface area contributed by atoms with E-state index < -0.39 is 5.41 Å². The standard InChI is InChI=1S/C50H35N4.Pt/c1-36-30-31-51-49(32-36)54-45-25-12-11-24-43(45)44-29-28-40(34-48(44)54)50(37-16-5-2-6-17-37,38-18-7-3-8-19-38)39-20-15-23-42(33-39)53-35-52(41-21-9-4-10-22-41)46-26-13-14-27-47(46)53;/h2-32,35H,1H3;/q-1;. The summed E-state index contributed by atoms with van der Waals surface area (Å²) in [5, 5.41) is 2.30. The van der Waals surface area contributed by atoms with Crippen LogP contribution in [0.3, 0.4) is 0 Å². The van der Waals surface area contributed by atoms with Gasteiger partial charge in [0.1, 0.15) is 11.5 Å². The third-order valence-corrected chi connectivity index (χ3v) is 10.6. The first-order valence-corrected chi connectivity index (χ1v) is 18.3. The second-order valence-electron chi connectivity index (χ2n) is 13.8. The van der Waals surface area contributed by atoms with Crippen LogP contribution in [0.15, 0.2) is 195 Å². The maximum absolute atomic E-state index is 4.87. The molecule has 3 heterocycles. The minimum atomic E-state index is -0.771. The predicted octanol–water partition coefficient (Wildman–Crippen LogP) is 11.5. The number of para-hydroxylation sites is 4. The molecule has 55 heavy (non-hydrogen) atoms. The van der Waals surface area contributed by atoms with E-state index in [1.807, 2.05) is 12.3 Å². The quantitative estimate of drug-likeness (QED) is 0.116. The number of nitrogens with zero attached hydrogens (tertiary/aromatic N) is 4. The van der Waals surface area contributed by atoms with Crippen LogP contribution in [-0.4, -0.2) is 18.7 Å². The first-order chi connectivity index (χ1) is 26.7. The summed E-state index contributed by atoms with van der Waals surface area (Å²) in [5.74, 6) is 0.874. The largest absolute Gasteiger partial charge is 0.319 e. The number of aromatic nitrogens is 4. The molecule has 0 amide bonds. The summed E-state index contributed by atoms with van der Waals surface area (Å²) in [6.45, 7) is 2.11. The van der Waals surface area contributed by atoms with E-state index >= 15 is 0 Å². The fourth-order valence-electron chi connectivity index (χ4n) is 8.22. The fraction of sp³-hybridized carbons (Fsp3) is 0.0400. The van der Waals surface area contributed by atoms with Gasteiger partial charge >= 0.3 is 0 Å². The molecule has 0 radical (unpaired) electrons. The number of aryl methyl sites for hydroxylation is 1. The maximum atomic E-state index is 4.87. The first-order valence-electron chi connectivity index (χ1n) is 18.3. The third-order valence-electron chi connectivity index (χ3n) is 10.6. The van der Waals surface area contributed by atoms with Crippen molar-refractivity contribution in [3.8, 4) is 17.2 Å². The number of imidazole rings is 1. The van der Waals surface area contributed by atoms with Gasteiger partial charge in [-0.1, -0.05) is 115 Å². The fourth-order valence-corrected chi connectivity index (χ4v) is 8.22. The molecule has 3 aromatic heterocycles. The number of rotatable bonds is 7. The van der Waals surface area contributed by atoms with Crippen molar-refractivity contribution >= 4 is 32.8 Å². The summed E-state index contributed by atoms with van der Waals surface area (Å²) in [7, 11) is 0. The number of hydrogen-bond acceptors (Lipinski definition) is 1. The van der Waals surface area contributed by atoms with Gasteiger partial charge in [0.15, 0.2) is 17.4 Å². The SMILES string of the molecule is Cc1ccnc(-n2c3[c-]c(C(c4[c-]c(-n5[cH+]n(-c6ccccc6)c6ccccc65)ccc4)(c4ccccc4)c4ccccc4)ccc3c3ccccc32)c1.[Pt]. The van der Waals surface area contributed by atoms with Gasteiger partial charge in [-0.05, 0) is 59.3 Å². The van der Waals surface area contributed by atoms with E-state index in [-0.39, 0.29) is 21.1 Å². The van der Waals surface area contributed by atoms with Crippen LogP contribution in [0, 0.1) is 19.1 Å². The summed E-state index contributed by atoms with van der Waals surface area (Å²) in [5.41, 5.74) is 11.1. The Morgan fingerprint density at radius 2 is 1.13 bits per heavy atom. The van der Waals surface area contributed by atoms with E-state index in [1.165, 1.54) is 5.39 Å². The number of pyridine rings is 1. The molecule has 0 aliphatic heterocycles. The molecule has 0 saturated heterocycles. The van der Waals surface area contributed by atoms with Gasteiger partial charge in [-0.3, -0.25) is 0 Å². The van der Waals surface area contributed by atoms with Crippen LogP contribution in [-0.2, 0) is 26.5 Å². The Morgan fingerprint density at radius 3 is 1.82 bits per heavy atom. The second kappa shape index (κ2) is 14.1. The van der Waals surface area contributed by atoms with Crippen molar-refractivity contribution < 1.29 is 21.1 Å². The van der Waals surface area contributed by atoms with Gasteiger partial charge in [0.25, 0.3) is 0 Å². The monoisotopic (exact) mass is 886 g/mol. The Kier molecular flexibility index (Phi) is 8.85. The smallest absolute Gasteiger partial charge is 0.168 e. The van der Waals surface area contributed by atoms with Crippen molar-refractivity contribution in [1.82, 2.24) is 18.7 Å². The summed E-state index contributed by atoms with van der Waals surface area (Å²) >= 11 is 0. The average molecular weight is 887 g/mol. The van der Waals surface area contributed by atoms with Gasteiger partial charge in [-0.25, -0.2) is 9.55 Å². The topological polar surface area (TPSA) is 27.7 Å². The van der Waals surface area contributed by atoms with Gasteiger partial charge in [0.2, 0.25) is 0 Å². The minimum absolute atomic E-state index is 0. The zero-order chi connectivity index (χ0) is 36.1. The molecule has 0 atom stereocenters. The maximum Gasteiger partial charge on any atom is 0.168 e. The van der Waals surface area contributed by atoms with Crippen molar-refractivity contribution in [2.45, 2.75) is 12.3 Å². The Hall–Kier alpha value is -6.35. The zero-order valence-corrected chi connectivity index (χ0v) is 32.4. The van der Waals surface area contributed by atoms with E-state index in [0.29, 0.717) is 0 Å². The van der Waals surface area contributed by atoms with Gasteiger partial charge in [-0.15, -0.1) is 28.6 Å². The van der Waals surface area contributed by atoms with Crippen molar-refractivity contribution in [3.63, 3.8) is 0 Å². The molecule has 0 spiro atoms. The van der Waals surface area contributed by atoms with Crippen molar-refractivity contribution in [1.29, 1.82) is 0 Å². The van der Waals surface area contributed by atoms with Crippen LogP contribution < -0.4 is 0 Å².